The maximum Gasteiger partial charge on any atom is 0.243 e. The standard InChI is InChI=1S/C34H47N3O5SSi/c1-7-44(8-2,9-3)42-33(23-36-19-20-40-29-17-18-30-25(4)26(5)37-31(30)22-29)28-14-12-13-27(21-28)24-41-32-15-10-11-16-34(32)43(38,39)35-6/h10-18,21-22,33,35-37H,7-9,19-20,23-24H2,1-6H3. The van der Waals surface area contributed by atoms with Crippen LogP contribution in [0.5, 0.6) is 11.5 Å². The fraction of sp³-hybridized carbons (Fsp3) is 0.412. The molecular formula is C34H47N3O5SSi. The highest BCUT2D eigenvalue weighted by Crippen LogP contribution is 2.31. The number of rotatable bonds is 17. The van der Waals surface area contributed by atoms with Crippen molar-refractivity contribution in [3.05, 3.63) is 89.1 Å². The van der Waals surface area contributed by atoms with Crippen LogP contribution in [-0.4, -0.2) is 48.5 Å². The number of aromatic nitrogens is 1. The van der Waals surface area contributed by atoms with E-state index < -0.39 is 18.3 Å². The van der Waals surface area contributed by atoms with Crippen LogP contribution in [-0.2, 0) is 21.1 Å². The van der Waals surface area contributed by atoms with Crippen LogP contribution in [0.3, 0.4) is 0 Å². The maximum absolute atomic E-state index is 12.5. The summed E-state index contributed by atoms with van der Waals surface area (Å²) in [6, 6.07) is 24.2. The van der Waals surface area contributed by atoms with Crippen molar-refractivity contribution in [2.75, 3.05) is 26.7 Å². The highest BCUT2D eigenvalue weighted by atomic mass is 32.2. The van der Waals surface area contributed by atoms with Crippen molar-refractivity contribution in [2.45, 2.75) is 70.4 Å². The van der Waals surface area contributed by atoms with E-state index in [0.29, 0.717) is 25.4 Å². The number of hydrogen-bond acceptors (Lipinski definition) is 6. The van der Waals surface area contributed by atoms with Crippen LogP contribution < -0.4 is 19.5 Å². The summed E-state index contributed by atoms with van der Waals surface area (Å²) >= 11 is 0. The van der Waals surface area contributed by atoms with Crippen molar-refractivity contribution < 1.29 is 22.3 Å². The predicted octanol–water partition coefficient (Wildman–Crippen LogP) is 7.00. The van der Waals surface area contributed by atoms with E-state index in [1.165, 1.54) is 23.7 Å². The first-order chi connectivity index (χ1) is 21.1. The van der Waals surface area contributed by atoms with Gasteiger partial charge in [0.25, 0.3) is 0 Å². The van der Waals surface area contributed by atoms with Gasteiger partial charge in [-0.1, -0.05) is 51.1 Å². The van der Waals surface area contributed by atoms with Gasteiger partial charge in [0.2, 0.25) is 10.0 Å². The second-order valence-corrected chi connectivity index (χ2v) is 17.8. The molecule has 1 heterocycles. The number of ether oxygens (including phenoxy) is 2. The Hall–Kier alpha value is -3.15. The Bertz CT molecular complexity index is 1630. The van der Waals surface area contributed by atoms with Crippen molar-refractivity contribution in [3.8, 4) is 11.5 Å². The van der Waals surface area contributed by atoms with Gasteiger partial charge in [-0.25, -0.2) is 13.1 Å². The number of sulfonamides is 1. The predicted molar refractivity (Wildman–Crippen MR) is 181 cm³/mol. The molecule has 3 N–H and O–H groups in total. The fourth-order valence-corrected chi connectivity index (χ4v) is 9.18. The van der Waals surface area contributed by atoms with Gasteiger partial charge in [0, 0.05) is 35.8 Å². The highest BCUT2D eigenvalue weighted by molar-refractivity contribution is 7.89. The van der Waals surface area contributed by atoms with Crippen LogP contribution in [0.1, 0.15) is 49.3 Å². The molecule has 1 atom stereocenters. The lowest BCUT2D eigenvalue weighted by atomic mass is 10.1. The lowest BCUT2D eigenvalue weighted by molar-refractivity contribution is 0.182. The number of para-hydroxylation sites is 1. The average molecular weight is 638 g/mol. The SMILES string of the molecule is CC[Si](CC)(CC)OC(CNCCOc1ccc2c(C)c(C)[nH]c2c1)c1cccc(COc2ccccc2S(=O)(=O)NC)c1. The van der Waals surface area contributed by atoms with Gasteiger partial charge in [-0.2, -0.15) is 0 Å². The largest absolute Gasteiger partial charge is 0.492 e. The molecule has 0 radical (unpaired) electrons. The maximum atomic E-state index is 12.5. The number of hydrogen-bond donors (Lipinski definition) is 3. The molecule has 0 aliphatic rings. The van der Waals surface area contributed by atoms with E-state index in [-0.39, 0.29) is 17.6 Å². The van der Waals surface area contributed by atoms with Gasteiger partial charge in [0.05, 0.1) is 6.10 Å². The summed E-state index contributed by atoms with van der Waals surface area (Å²) in [6.07, 6.45) is -0.125. The summed E-state index contributed by atoms with van der Waals surface area (Å²) in [5.74, 6) is 1.16. The van der Waals surface area contributed by atoms with Gasteiger partial charge < -0.3 is 24.2 Å². The molecule has 3 aromatic carbocycles. The number of H-pyrrole nitrogens is 1. The minimum absolute atomic E-state index is 0.119. The molecule has 8 nitrogen and oxygen atoms in total. The zero-order valence-corrected chi connectivity index (χ0v) is 28.6. The van der Waals surface area contributed by atoms with Crippen molar-refractivity contribution in [3.63, 3.8) is 0 Å². The molecule has 0 aliphatic carbocycles. The molecular weight excluding hydrogens is 591 g/mol. The third-order valence-corrected chi connectivity index (χ3v) is 14.7. The van der Waals surface area contributed by atoms with Gasteiger partial charge in [0.1, 0.15) is 29.6 Å². The molecule has 4 aromatic rings. The molecule has 0 bridgehead atoms. The van der Waals surface area contributed by atoms with Crippen LogP contribution in [0.2, 0.25) is 18.1 Å². The lowest BCUT2D eigenvalue weighted by Crippen LogP contribution is -2.40. The summed E-state index contributed by atoms with van der Waals surface area (Å²) < 4.78 is 46.4. The van der Waals surface area contributed by atoms with E-state index in [0.717, 1.165) is 40.5 Å². The molecule has 238 valence electrons. The van der Waals surface area contributed by atoms with Crippen LogP contribution >= 0.6 is 0 Å². The van der Waals surface area contributed by atoms with Crippen molar-refractivity contribution in [1.29, 1.82) is 0 Å². The fourth-order valence-electron chi connectivity index (χ4n) is 5.49. The van der Waals surface area contributed by atoms with E-state index in [2.05, 4.69) is 73.9 Å². The average Bonchev–Trinajstić information content (AvgIpc) is 3.33. The number of fused-ring (bicyclic) bond motifs is 1. The Morgan fingerprint density at radius 2 is 1.66 bits per heavy atom. The Morgan fingerprint density at radius 3 is 2.39 bits per heavy atom. The van der Waals surface area contributed by atoms with Gasteiger partial charge in [-0.05, 0) is 86.0 Å². The Balaban J connectivity index is 1.43. The van der Waals surface area contributed by atoms with Crippen LogP contribution in [0, 0.1) is 13.8 Å². The second kappa shape index (κ2) is 15.2. The van der Waals surface area contributed by atoms with Crippen LogP contribution in [0.25, 0.3) is 10.9 Å². The molecule has 4 rings (SSSR count). The van der Waals surface area contributed by atoms with Crippen molar-refractivity contribution in [2.24, 2.45) is 0 Å². The first-order valence-corrected chi connectivity index (χ1v) is 19.5. The highest BCUT2D eigenvalue weighted by Gasteiger charge is 2.32. The molecule has 0 amide bonds. The van der Waals surface area contributed by atoms with E-state index in [1.807, 2.05) is 18.2 Å². The normalized spacial score (nSPS) is 12.9. The van der Waals surface area contributed by atoms with Crippen molar-refractivity contribution >= 4 is 29.2 Å². The third-order valence-electron chi connectivity index (χ3n) is 8.61. The second-order valence-electron chi connectivity index (χ2n) is 11.2. The minimum Gasteiger partial charge on any atom is -0.492 e. The monoisotopic (exact) mass is 637 g/mol. The Morgan fingerprint density at radius 1 is 0.909 bits per heavy atom. The number of aromatic amines is 1. The van der Waals surface area contributed by atoms with E-state index >= 15 is 0 Å². The van der Waals surface area contributed by atoms with E-state index in [9.17, 15) is 8.42 Å². The Labute approximate surface area is 263 Å². The van der Waals surface area contributed by atoms with Crippen molar-refractivity contribution in [1.82, 2.24) is 15.0 Å². The quantitative estimate of drug-likeness (QED) is 0.0851. The smallest absolute Gasteiger partial charge is 0.243 e. The summed E-state index contributed by atoms with van der Waals surface area (Å²) in [6.45, 7) is 13.0. The van der Waals surface area contributed by atoms with Gasteiger partial charge >= 0.3 is 0 Å². The van der Waals surface area contributed by atoms with E-state index in [1.54, 1.807) is 24.3 Å². The van der Waals surface area contributed by atoms with Gasteiger partial charge in [-0.3, -0.25) is 0 Å². The molecule has 0 fully saturated rings. The molecule has 0 aliphatic heterocycles. The van der Waals surface area contributed by atoms with Crippen LogP contribution in [0.4, 0.5) is 0 Å². The number of benzene rings is 3. The van der Waals surface area contributed by atoms with Gasteiger partial charge in [0.15, 0.2) is 8.32 Å². The molecule has 44 heavy (non-hydrogen) atoms. The first-order valence-electron chi connectivity index (χ1n) is 15.5. The molecule has 0 saturated carbocycles. The Kier molecular flexibility index (Phi) is 11.7. The molecule has 0 spiro atoms. The molecule has 0 saturated heterocycles. The molecule has 10 heteroatoms. The molecule has 1 unspecified atom stereocenters. The topological polar surface area (TPSA) is 102 Å². The van der Waals surface area contributed by atoms with Crippen LogP contribution in [0.15, 0.2) is 71.6 Å². The number of nitrogens with one attached hydrogen (secondary N) is 3. The summed E-state index contributed by atoms with van der Waals surface area (Å²) in [5.41, 5.74) is 5.56. The molecule has 1 aromatic heterocycles. The first kappa shape index (κ1) is 33.7. The lowest BCUT2D eigenvalue weighted by Gasteiger charge is -2.34. The zero-order chi connectivity index (χ0) is 31.7. The summed E-state index contributed by atoms with van der Waals surface area (Å²) in [5, 5.41) is 4.79. The minimum atomic E-state index is -3.64. The number of aryl methyl sites for hydroxylation is 2. The van der Waals surface area contributed by atoms with E-state index in [4.69, 9.17) is 13.9 Å². The summed E-state index contributed by atoms with van der Waals surface area (Å²) in [4.78, 5) is 3.55. The van der Waals surface area contributed by atoms with Gasteiger partial charge in [-0.15, -0.1) is 0 Å². The zero-order valence-electron chi connectivity index (χ0n) is 26.8. The third kappa shape index (κ3) is 8.11. The summed E-state index contributed by atoms with van der Waals surface area (Å²) in [7, 11) is -4.16.